The molecule has 0 aliphatic carbocycles. The average Bonchev–Trinajstić information content (AvgIpc) is 3.12. The zero-order chi connectivity index (χ0) is 16.9. The van der Waals surface area contributed by atoms with Crippen molar-refractivity contribution in [2.75, 3.05) is 19.5 Å². The van der Waals surface area contributed by atoms with Gasteiger partial charge in [0.2, 0.25) is 0 Å². The van der Waals surface area contributed by atoms with Crippen LogP contribution in [-0.2, 0) is 0 Å². The molecule has 1 aromatic heterocycles. The summed E-state index contributed by atoms with van der Waals surface area (Å²) in [4.78, 5) is 12.4. The van der Waals surface area contributed by atoms with Crippen molar-refractivity contribution < 1.29 is 14.3 Å². The molecule has 0 bridgehead atoms. The van der Waals surface area contributed by atoms with Gasteiger partial charge in [0.25, 0.3) is 5.91 Å². The minimum atomic E-state index is -0.309. The van der Waals surface area contributed by atoms with Gasteiger partial charge in [-0.25, -0.2) is 0 Å². The second kappa shape index (κ2) is 6.87. The Hall–Kier alpha value is -3.28. The standard InChI is InChI=1S/C18H17N3O3/c1-23-13-8-9-17(24-2)15(10-13)19-18(22)16-11-14(20-21-16)12-6-4-3-5-7-12/h3-11H,1-2H3,(H,19,22)(H,20,21). The van der Waals surface area contributed by atoms with Crippen molar-refractivity contribution in [3.05, 3.63) is 60.3 Å². The molecule has 6 heteroatoms. The fourth-order valence-electron chi connectivity index (χ4n) is 2.30. The Balaban J connectivity index is 1.82. The number of carbonyl (C=O) groups is 1. The highest BCUT2D eigenvalue weighted by molar-refractivity contribution is 6.04. The molecule has 2 N–H and O–H groups in total. The molecule has 0 unspecified atom stereocenters. The molecule has 122 valence electrons. The summed E-state index contributed by atoms with van der Waals surface area (Å²) in [6, 6.07) is 16.5. The zero-order valence-corrected chi connectivity index (χ0v) is 13.4. The zero-order valence-electron chi connectivity index (χ0n) is 13.4. The number of rotatable bonds is 5. The summed E-state index contributed by atoms with van der Waals surface area (Å²) in [7, 11) is 3.11. The first-order valence-electron chi connectivity index (χ1n) is 7.35. The fraction of sp³-hybridized carbons (Fsp3) is 0.111. The number of aromatic amines is 1. The van der Waals surface area contributed by atoms with Gasteiger partial charge in [-0.15, -0.1) is 0 Å². The summed E-state index contributed by atoms with van der Waals surface area (Å²) in [5.74, 6) is 0.865. The summed E-state index contributed by atoms with van der Waals surface area (Å²) in [6.45, 7) is 0. The molecule has 1 heterocycles. The molecule has 0 atom stereocenters. The Labute approximate surface area is 139 Å². The summed E-state index contributed by atoms with van der Waals surface area (Å²) in [5, 5.41) is 9.74. The monoisotopic (exact) mass is 323 g/mol. The van der Waals surface area contributed by atoms with E-state index in [0.29, 0.717) is 28.6 Å². The van der Waals surface area contributed by atoms with Gasteiger partial charge in [-0.3, -0.25) is 9.89 Å². The number of hydrogen-bond acceptors (Lipinski definition) is 4. The van der Waals surface area contributed by atoms with Crippen molar-refractivity contribution in [1.29, 1.82) is 0 Å². The van der Waals surface area contributed by atoms with Gasteiger partial charge in [-0.05, 0) is 18.2 Å². The van der Waals surface area contributed by atoms with Crippen molar-refractivity contribution in [2.45, 2.75) is 0 Å². The first kappa shape index (κ1) is 15.6. The number of nitrogens with one attached hydrogen (secondary N) is 2. The van der Waals surface area contributed by atoms with Gasteiger partial charge < -0.3 is 14.8 Å². The van der Waals surface area contributed by atoms with E-state index in [0.717, 1.165) is 5.56 Å². The number of anilines is 1. The molecule has 3 aromatic rings. The molecule has 0 saturated carbocycles. The molecule has 6 nitrogen and oxygen atoms in total. The average molecular weight is 323 g/mol. The third-order valence-electron chi connectivity index (χ3n) is 3.55. The van der Waals surface area contributed by atoms with Crippen molar-refractivity contribution in [2.24, 2.45) is 0 Å². The number of H-pyrrole nitrogens is 1. The van der Waals surface area contributed by atoms with Crippen molar-refractivity contribution in [3.8, 4) is 22.8 Å². The molecule has 0 radical (unpaired) electrons. The van der Waals surface area contributed by atoms with E-state index in [1.807, 2.05) is 30.3 Å². The fourth-order valence-corrected chi connectivity index (χ4v) is 2.30. The smallest absolute Gasteiger partial charge is 0.273 e. The topological polar surface area (TPSA) is 76.2 Å². The van der Waals surface area contributed by atoms with E-state index in [2.05, 4.69) is 15.5 Å². The molecule has 0 aliphatic heterocycles. The van der Waals surface area contributed by atoms with Crippen LogP contribution in [0.5, 0.6) is 11.5 Å². The van der Waals surface area contributed by atoms with Gasteiger partial charge in [-0.2, -0.15) is 5.10 Å². The summed E-state index contributed by atoms with van der Waals surface area (Å²) in [6.07, 6.45) is 0. The Morgan fingerprint density at radius 2 is 1.83 bits per heavy atom. The molecular formula is C18H17N3O3. The second-order valence-corrected chi connectivity index (χ2v) is 5.05. The lowest BCUT2D eigenvalue weighted by Crippen LogP contribution is -2.13. The highest BCUT2D eigenvalue weighted by Crippen LogP contribution is 2.29. The van der Waals surface area contributed by atoms with Crippen LogP contribution in [0.3, 0.4) is 0 Å². The third kappa shape index (κ3) is 3.22. The van der Waals surface area contributed by atoms with Crippen molar-refractivity contribution in [1.82, 2.24) is 10.2 Å². The third-order valence-corrected chi connectivity index (χ3v) is 3.55. The highest BCUT2D eigenvalue weighted by atomic mass is 16.5. The molecule has 2 aromatic carbocycles. The van der Waals surface area contributed by atoms with Crippen LogP contribution in [0.4, 0.5) is 5.69 Å². The normalized spacial score (nSPS) is 10.2. The number of methoxy groups -OCH3 is 2. The SMILES string of the molecule is COc1ccc(OC)c(NC(=O)c2cc(-c3ccccc3)n[nH]2)c1. The predicted molar refractivity (Wildman–Crippen MR) is 91.5 cm³/mol. The maximum Gasteiger partial charge on any atom is 0.273 e. The second-order valence-electron chi connectivity index (χ2n) is 5.05. The van der Waals surface area contributed by atoms with Gasteiger partial charge in [0.15, 0.2) is 0 Å². The van der Waals surface area contributed by atoms with Crippen LogP contribution in [0.1, 0.15) is 10.5 Å². The summed E-state index contributed by atoms with van der Waals surface area (Å²) < 4.78 is 10.4. The van der Waals surface area contributed by atoms with E-state index < -0.39 is 0 Å². The Morgan fingerprint density at radius 1 is 1.04 bits per heavy atom. The molecule has 1 amide bonds. The lowest BCUT2D eigenvalue weighted by atomic mass is 10.1. The van der Waals surface area contributed by atoms with Crippen LogP contribution in [-0.4, -0.2) is 30.3 Å². The van der Waals surface area contributed by atoms with Crippen LogP contribution in [0, 0.1) is 0 Å². The summed E-state index contributed by atoms with van der Waals surface area (Å²) in [5.41, 5.74) is 2.53. The van der Waals surface area contributed by atoms with Gasteiger partial charge in [0.05, 0.1) is 25.6 Å². The molecule has 0 fully saturated rings. The van der Waals surface area contributed by atoms with Crippen LogP contribution >= 0.6 is 0 Å². The van der Waals surface area contributed by atoms with Crippen LogP contribution in [0.2, 0.25) is 0 Å². The maximum atomic E-state index is 12.4. The molecule has 24 heavy (non-hydrogen) atoms. The maximum absolute atomic E-state index is 12.4. The number of carbonyl (C=O) groups excluding carboxylic acids is 1. The van der Waals surface area contributed by atoms with Gasteiger partial charge in [0, 0.05) is 11.6 Å². The molecule has 0 saturated heterocycles. The number of hydrogen-bond donors (Lipinski definition) is 2. The van der Waals surface area contributed by atoms with Crippen LogP contribution in [0.15, 0.2) is 54.6 Å². The molecule has 0 aliphatic rings. The van der Waals surface area contributed by atoms with E-state index in [1.165, 1.54) is 0 Å². The Bertz CT molecular complexity index is 844. The molecular weight excluding hydrogens is 306 g/mol. The van der Waals surface area contributed by atoms with Crippen LogP contribution in [0.25, 0.3) is 11.3 Å². The van der Waals surface area contributed by atoms with Crippen molar-refractivity contribution >= 4 is 11.6 Å². The molecule has 0 spiro atoms. The lowest BCUT2D eigenvalue weighted by molar-refractivity contribution is 0.102. The van der Waals surface area contributed by atoms with E-state index in [-0.39, 0.29) is 5.91 Å². The molecule has 3 rings (SSSR count). The Kier molecular flexibility index (Phi) is 4.47. The van der Waals surface area contributed by atoms with E-state index in [9.17, 15) is 4.79 Å². The van der Waals surface area contributed by atoms with Gasteiger partial charge >= 0.3 is 0 Å². The first-order chi connectivity index (χ1) is 11.7. The predicted octanol–water partition coefficient (Wildman–Crippen LogP) is 3.35. The quantitative estimate of drug-likeness (QED) is 0.755. The largest absolute Gasteiger partial charge is 0.497 e. The van der Waals surface area contributed by atoms with E-state index in [4.69, 9.17) is 9.47 Å². The Morgan fingerprint density at radius 3 is 2.54 bits per heavy atom. The number of aromatic nitrogens is 2. The van der Waals surface area contributed by atoms with Crippen LogP contribution < -0.4 is 14.8 Å². The number of ether oxygens (including phenoxy) is 2. The first-order valence-corrected chi connectivity index (χ1v) is 7.35. The van der Waals surface area contributed by atoms with E-state index in [1.54, 1.807) is 38.5 Å². The lowest BCUT2D eigenvalue weighted by Gasteiger charge is -2.11. The van der Waals surface area contributed by atoms with Crippen molar-refractivity contribution in [3.63, 3.8) is 0 Å². The minimum Gasteiger partial charge on any atom is -0.497 e. The minimum absolute atomic E-state index is 0.309. The van der Waals surface area contributed by atoms with Gasteiger partial charge in [0.1, 0.15) is 17.2 Å². The highest BCUT2D eigenvalue weighted by Gasteiger charge is 2.14. The van der Waals surface area contributed by atoms with Gasteiger partial charge in [-0.1, -0.05) is 30.3 Å². The van der Waals surface area contributed by atoms with E-state index >= 15 is 0 Å². The number of amides is 1. The number of benzene rings is 2. The summed E-state index contributed by atoms with van der Waals surface area (Å²) >= 11 is 0. The number of nitrogens with zero attached hydrogens (tertiary/aromatic N) is 1.